The Morgan fingerprint density at radius 1 is 1.10 bits per heavy atom. The van der Waals surface area contributed by atoms with Crippen LogP contribution in [0.15, 0.2) is 65.6 Å². The highest BCUT2D eigenvalue weighted by Crippen LogP contribution is 2.23. The van der Waals surface area contributed by atoms with E-state index in [0.29, 0.717) is 17.9 Å². The molecular formula is C24H24N4O2. The van der Waals surface area contributed by atoms with Crippen LogP contribution in [0.3, 0.4) is 0 Å². The van der Waals surface area contributed by atoms with E-state index in [1.807, 2.05) is 61.7 Å². The van der Waals surface area contributed by atoms with Gasteiger partial charge in [-0.1, -0.05) is 48.0 Å². The van der Waals surface area contributed by atoms with Crippen LogP contribution in [-0.4, -0.2) is 20.9 Å². The minimum atomic E-state index is -0.414. The lowest BCUT2D eigenvalue weighted by molar-refractivity contribution is -0.121. The van der Waals surface area contributed by atoms with Gasteiger partial charge in [-0.15, -0.1) is 0 Å². The SMILES string of the molecule is Cc1cccc(CC(=O)N[C@@H](Cc2c[nH]c3ccccc23)c2cc(=O)[nH]c(C)n2)c1. The number of hydrogen-bond acceptors (Lipinski definition) is 3. The molecular weight excluding hydrogens is 376 g/mol. The van der Waals surface area contributed by atoms with Gasteiger partial charge in [-0.2, -0.15) is 0 Å². The smallest absolute Gasteiger partial charge is 0.251 e. The molecule has 6 nitrogen and oxygen atoms in total. The Hall–Kier alpha value is -3.67. The molecule has 152 valence electrons. The first-order valence-corrected chi connectivity index (χ1v) is 9.96. The minimum Gasteiger partial charge on any atom is -0.361 e. The molecule has 1 atom stereocenters. The Labute approximate surface area is 174 Å². The molecule has 0 aliphatic carbocycles. The number of carbonyl (C=O) groups excluding carboxylic acids is 1. The van der Waals surface area contributed by atoms with Crippen molar-refractivity contribution in [3.63, 3.8) is 0 Å². The second-order valence-corrected chi connectivity index (χ2v) is 7.61. The van der Waals surface area contributed by atoms with Crippen molar-refractivity contribution in [1.82, 2.24) is 20.3 Å². The summed E-state index contributed by atoms with van der Waals surface area (Å²) in [6.07, 6.45) is 2.75. The average Bonchev–Trinajstić information content (AvgIpc) is 3.10. The highest BCUT2D eigenvalue weighted by Gasteiger charge is 2.20. The molecule has 2 heterocycles. The van der Waals surface area contributed by atoms with Gasteiger partial charge in [-0.25, -0.2) is 4.98 Å². The Morgan fingerprint density at radius 2 is 1.93 bits per heavy atom. The highest BCUT2D eigenvalue weighted by atomic mass is 16.1. The van der Waals surface area contributed by atoms with Gasteiger partial charge in [0.1, 0.15) is 5.82 Å². The molecule has 1 amide bonds. The molecule has 0 saturated carbocycles. The fourth-order valence-corrected chi connectivity index (χ4v) is 3.78. The fraction of sp³-hybridized carbons (Fsp3) is 0.208. The number of para-hydroxylation sites is 1. The number of hydrogen-bond donors (Lipinski definition) is 3. The number of fused-ring (bicyclic) bond motifs is 1. The zero-order chi connectivity index (χ0) is 21.1. The van der Waals surface area contributed by atoms with Crippen molar-refractivity contribution in [3.05, 3.63) is 99.4 Å². The third-order valence-electron chi connectivity index (χ3n) is 5.12. The fourth-order valence-electron chi connectivity index (χ4n) is 3.78. The van der Waals surface area contributed by atoms with Gasteiger partial charge in [-0.3, -0.25) is 9.59 Å². The average molecular weight is 400 g/mol. The first kappa shape index (κ1) is 19.6. The first-order chi connectivity index (χ1) is 14.5. The molecule has 6 heteroatoms. The van der Waals surface area contributed by atoms with Crippen LogP contribution in [0.25, 0.3) is 10.9 Å². The van der Waals surface area contributed by atoms with E-state index in [-0.39, 0.29) is 17.9 Å². The predicted molar refractivity (Wildman–Crippen MR) is 117 cm³/mol. The first-order valence-electron chi connectivity index (χ1n) is 9.96. The van der Waals surface area contributed by atoms with Crippen molar-refractivity contribution >= 4 is 16.8 Å². The number of amides is 1. The van der Waals surface area contributed by atoms with Crippen LogP contribution < -0.4 is 10.9 Å². The molecule has 2 aromatic heterocycles. The molecule has 4 aromatic rings. The van der Waals surface area contributed by atoms with Crippen LogP contribution in [-0.2, 0) is 17.6 Å². The number of nitrogens with zero attached hydrogens (tertiary/aromatic N) is 1. The maximum Gasteiger partial charge on any atom is 0.251 e. The molecule has 2 aromatic carbocycles. The maximum absolute atomic E-state index is 12.8. The van der Waals surface area contributed by atoms with Crippen LogP contribution in [0.4, 0.5) is 0 Å². The van der Waals surface area contributed by atoms with Crippen molar-refractivity contribution in [2.24, 2.45) is 0 Å². The summed E-state index contributed by atoms with van der Waals surface area (Å²) in [7, 11) is 0. The van der Waals surface area contributed by atoms with Crippen molar-refractivity contribution in [2.75, 3.05) is 0 Å². The zero-order valence-electron chi connectivity index (χ0n) is 17.0. The molecule has 4 rings (SSSR count). The summed E-state index contributed by atoms with van der Waals surface area (Å²) >= 11 is 0. The van der Waals surface area contributed by atoms with Crippen LogP contribution in [0.1, 0.15) is 34.3 Å². The Kier molecular flexibility index (Phi) is 5.48. The van der Waals surface area contributed by atoms with Crippen molar-refractivity contribution in [3.8, 4) is 0 Å². The number of aryl methyl sites for hydroxylation is 2. The lowest BCUT2D eigenvalue weighted by Crippen LogP contribution is -2.32. The van der Waals surface area contributed by atoms with Gasteiger partial charge in [0.25, 0.3) is 5.56 Å². The number of aromatic nitrogens is 3. The summed E-state index contributed by atoms with van der Waals surface area (Å²) in [4.78, 5) is 35.3. The van der Waals surface area contributed by atoms with Crippen molar-refractivity contribution in [1.29, 1.82) is 0 Å². The molecule has 0 bridgehead atoms. The number of rotatable bonds is 6. The van der Waals surface area contributed by atoms with Gasteiger partial charge >= 0.3 is 0 Å². The van der Waals surface area contributed by atoms with E-state index in [1.165, 1.54) is 6.07 Å². The molecule has 0 aliphatic heterocycles. The van der Waals surface area contributed by atoms with Gasteiger partial charge < -0.3 is 15.3 Å². The minimum absolute atomic E-state index is 0.106. The van der Waals surface area contributed by atoms with Gasteiger partial charge in [-0.05, 0) is 31.0 Å². The normalized spacial score (nSPS) is 12.1. The van der Waals surface area contributed by atoms with E-state index in [2.05, 4.69) is 20.3 Å². The van der Waals surface area contributed by atoms with Crippen LogP contribution >= 0.6 is 0 Å². The molecule has 0 unspecified atom stereocenters. The van der Waals surface area contributed by atoms with Gasteiger partial charge in [0, 0.05) is 29.6 Å². The Morgan fingerprint density at radius 3 is 2.73 bits per heavy atom. The summed E-state index contributed by atoms with van der Waals surface area (Å²) in [5.41, 5.74) is 4.49. The van der Waals surface area contributed by atoms with E-state index in [0.717, 1.165) is 27.6 Å². The van der Waals surface area contributed by atoms with E-state index < -0.39 is 6.04 Å². The van der Waals surface area contributed by atoms with Crippen LogP contribution in [0.5, 0.6) is 0 Å². The van der Waals surface area contributed by atoms with Crippen LogP contribution in [0, 0.1) is 13.8 Å². The second-order valence-electron chi connectivity index (χ2n) is 7.61. The summed E-state index contributed by atoms with van der Waals surface area (Å²) in [5, 5.41) is 4.19. The standard InChI is InChI=1S/C24H24N4O2/c1-15-6-5-7-17(10-15)11-23(29)28-21(22-13-24(30)27-16(2)26-22)12-18-14-25-20-9-4-3-8-19(18)20/h3-10,13-14,21,25H,11-12H2,1-2H3,(H,28,29)(H,26,27,30)/t21-/m0/s1. The lowest BCUT2D eigenvalue weighted by atomic mass is 10.0. The van der Waals surface area contributed by atoms with Gasteiger partial charge in [0.2, 0.25) is 5.91 Å². The molecule has 30 heavy (non-hydrogen) atoms. The Balaban J connectivity index is 1.63. The molecule has 0 aliphatic rings. The number of carbonyl (C=O) groups is 1. The van der Waals surface area contributed by atoms with E-state index in [4.69, 9.17) is 0 Å². The predicted octanol–water partition coefficient (Wildman–Crippen LogP) is 3.51. The maximum atomic E-state index is 12.8. The summed E-state index contributed by atoms with van der Waals surface area (Å²) in [6, 6.07) is 17.0. The topological polar surface area (TPSA) is 90.6 Å². The van der Waals surface area contributed by atoms with Gasteiger partial charge in [0.15, 0.2) is 0 Å². The van der Waals surface area contributed by atoms with Crippen molar-refractivity contribution in [2.45, 2.75) is 32.7 Å². The zero-order valence-corrected chi connectivity index (χ0v) is 17.0. The monoisotopic (exact) mass is 400 g/mol. The quantitative estimate of drug-likeness (QED) is 0.463. The lowest BCUT2D eigenvalue weighted by Gasteiger charge is -2.19. The number of aromatic amines is 2. The van der Waals surface area contributed by atoms with Crippen molar-refractivity contribution < 1.29 is 4.79 Å². The summed E-state index contributed by atoms with van der Waals surface area (Å²) in [5.74, 6) is 0.416. The van der Waals surface area contributed by atoms with Gasteiger partial charge in [0.05, 0.1) is 18.2 Å². The molecule has 3 N–H and O–H groups in total. The highest BCUT2D eigenvalue weighted by molar-refractivity contribution is 5.83. The van der Waals surface area contributed by atoms with E-state index in [1.54, 1.807) is 6.92 Å². The van der Waals surface area contributed by atoms with Crippen LogP contribution in [0.2, 0.25) is 0 Å². The van der Waals surface area contributed by atoms with E-state index >= 15 is 0 Å². The number of H-pyrrole nitrogens is 2. The summed E-state index contributed by atoms with van der Waals surface area (Å²) in [6.45, 7) is 3.74. The number of benzene rings is 2. The third-order valence-corrected chi connectivity index (χ3v) is 5.12. The summed E-state index contributed by atoms with van der Waals surface area (Å²) < 4.78 is 0. The molecule has 0 radical (unpaired) electrons. The third kappa shape index (κ3) is 4.49. The Bertz CT molecular complexity index is 1260. The molecule has 0 spiro atoms. The molecule has 0 fully saturated rings. The second kappa shape index (κ2) is 8.37. The molecule has 0 saturated heterocycles. The largest absolute Gasteiger partial charge is 0.361 e. The number of nitrogens with one attached hydrogen (secondary N) is 3. The van der Waals surface area contributed by atoms with E-state index in [9.17, 15) is 9.59 Å².